The number of carboxylic acid groups (broad SMARTS) is 1. The molecule has 0 heterocycles. The first-order valence-electron chi connectivity index (χ1n) is 9.41. The highest BCUT2D eigenvalue weighted by Gasteiger charge is 2.20. The van der Waals surface area contributed by atoms with Crippen LogP contribution in [0.25, 0.3) is 0 Å². The molecule has 2 rings (SSSR count). The van der Waals surface area contributed by atoms with E-state index in [9.17, 15) is 15.0 Å². The average molecular weight is 467 g/mol. The van der Waals surface area contributed by atoms with Crippen LogP contribution in [0.2, 0.25) is 0 Å². The molecule has 2 aromatic carbocycles. The number of carboxylic acids is 1. The van der Waals surface area contributed by atoms with Crippen LogP contribution in [-0.2, 0) is 16.0 Å². The van der Waals surface area contributed by atoms with Crippen molar-refractivity contribution in [3.63, 3.8) is 0 Å². The first-order chi connectivity index (χ1) is 13.7. The lowest BCUT2D eigenvalue weighted by molar-refractivity contribution is -0.153. The number of aliphatic hydroxyl groups is 1. The Labute approximate surface area is 179 Å². The topological polar surface area (TPSA) is 85.2 Å². The van der Waals surface area contributed by atoms with Gasteiger partial charge in [0.15, 0.2) is 6.10 Å². The fourth-order valence-electron chi connectivity index (χ4n) is 2.65. The quantitative estimate of drug-likeness (QED) is 0.520. The molecule has 0 saturated heterocycles. The van der Waals surface area contributed by atoms with E-state index < -0.39 is 18.2 Å². The molecular formula is C22H27BrO6. The van der Waals surface area contributed by atoms with Crippen molar-refractivity contribution in [2.75, 3.05) is 13.2 Å². The highest BCUT2D eigenvalue weighted by Crippen LogP contribution is 2.26. The van der Waals surface area contributed by atoms with E-state index in [2.05, 4.69) is 15.9 Å². The normalized spacial score (nSPS) is 13.2. The fraction of sp³-hybridized carbons (Fsp3) is 0.409. The molecule has 29 heavy (non-hydrogen) atoms. The largest absolute Gasteiger partial charge is 0.491 e. The second kappa shape index (κ2) is 11.2. The summed E-state index contributed by atoms with van der Waals surface area (Å²) in [4.78, 5) is 11.4. The van der Waals surface area contributed by atoms with Crippen molar-refractivity contribution in [2.45, 2.75) is 45.5 Å². The van der Waals surface area contributed by atoms with Crippen LogP contribution in [0, 0.1) is 6.92 Å². The van der Waals surface area contributed by atoms with Crippen molar-refractivity contribution in [2.24, 2.45) is 0 Å². The zero-order chi connectivity index (χ0) is 21.4. The monoisotopic (exact) mass is 466 g/mol. The lowest BCUT2D eigenvalue weighted by Crippen LogP contribution is -2.29. The van der Waals surface area contributed by atoms with Crippen LogP contribution in [0.15, 0.2) is 46.9 Å². The van der Waals surface area contributed by atoms with Crippen LogP contribution in [-0.4, -0.2) is 47.7 Å². The highest BCUT2D eigenvalue weighted by molar-refractivity contribution is 9.10. The van der Waals surface area contributed by atoms with Gasteiger partial charge in [0.05, 0.1) is 10.6 Å². The third-order valence-electron chi connectivity index (χ3n) is 3.99. The van der Waals surface area contributed by atoms with Crippen molar-refractivity contribution in [1.29, 1.82) is 0 Å². The minimum atomic E-state index is -1.00. The van der Waals surface area contributed by atoms with Gasteiger partial charge >= 0.3 is 5.97 Å². The maximum atomic E-state index is 11.4. The van der Waals surface area contributed by atoms with E-state index in [0.717, 1.165) is 15.6 Å². The van der Waals surface area contributed by atoms with Gasteiger partial charge in [-0.3, -0.25) is 0 Å². The Kier molecular flexibility index (Phi) is 8.95. The number of benzene rings is 2. The van der Waals surface area contributed by atoms with E-state index >= 15 is 0 Å². The van der Waals surface area contributed by atoms with Crippen LogP contribution in [0.3, 0.4) is 0 Å². The predicted octanol–water partition coefficient (Wildman–Crippen LogP) is 4.00. The molecule has 0 spiro atoms. The summed E-state index contributed by atoms with van der Waals surface area (Å²) in [5.74, 6) is 0.202. The first kappa shape index (κ1) is 23.2. The fourth-order valence-corrected chi connectivity index (χ4v) is 3.26. The first-order valence-corrected chi connectivity index (χ1v) is 10.2. The number of hydrogen-bond donors (Lipinski definition) is 2. The van der Waals surface area contributed by atoms with E-state index in [1.807, 2.05) is 31.2 Å². The van der Waals surface area contributed by atoms with Gasteiger partial charge in [0, 0.05) is 6.42 Å². The van der Waals surface area contributed by atoms with Gasteiger partial charge in [0.25, 0.3) is 0 Å². The summed E-state index contributed by atoms with van der Waals surface area (Å²) in [6, 6.07) is 12.8. The SMILES string of the molecule is Cc1ccc(OC[C@H](O)COc2cccc(C[C@H](OC(C)C)C(=O)O)c2)c(Br)c1. The summed E-state index contributed by atoms with van der Waals surface area (Å²) in [5.41, 5.74) is 1.89. The van der Waals surface area contributed by atoms with Crippen molar-refractivity contribution in [1.82, 2.24) is 0 Å². The van der Waals surface area contributed by atoms with Gasteiger partial charge in [-0.2, -0.15) is 0 Å². The third-order valence-corrected chi connectivity index (χ3v) is 4.61. The summed E-state index contributed by atoms with van der Waals surface area (Å²) >= 11 is 3.44. The van der Waals surface area contributed by atoms with Gasteiger partial charge in [-0.1, -0.05) is 18.2 Å². The van der Waals surface area contributed by atoms with Crippen LogP contribution in [0.1, 0.15) is 25.0 Å². The molecule has 0 bridgehead atoms. The Morgan fingerprint density at radius 1 is 1.10 bits per heavy atom. The van der Waals surface area contributed by atoms with Gasteiger partial charge in [-0.15, -0.1) is 0 Å². The van der Waals surface area contributed by atoms with Crippen LogP contribution in [0.4, 0.5) is 0 Å². The van der Waals surface area contributed by atoms with E-state index in [0.29, 0.717) is 11.5 Å². The predicted molar refractivity (Wildman–Crippen MR) is 114 cm³/mol. The minimum absolute atomic E-state index is 0.0534. The van der Waals surface area contributed by atoms with Gasteiger partial charge in [-0.25, -0.2) is 4.79 Å². The molecule has 0 aromatic heterocycles. The zero-order valence-electron chi connectivity index (χ0n) is 16.8. The summed E-state index contributed by atoms with van der Waals surface area (Å²) in [6.45, 7) is 5.73. The lowest BCUT2D eigenvalue weighted by atomic mass is 10.1. The summed E-state index contributed by atoms with van der Waals surface area (Å²) < 4.78 is 17.5. The zero-order valence-corrected chi connectivity index (χ0v) is 18.4. The molecular weight excluding hydrogens is 440 g/mol. The van der Waals surface area contributed by atoms with Gasteiger partial charge in [0.1, 0.15) is 30.8 Å². The lowest BCUT2D eigenvalue weighted by Gasteiger charge is -2.17. The average Bonchev–Trinajstić information content (AvgIpc) is 2.65. The molecule has 0 aliphatic carbocycles. The Morgan fingerprint density at radius 2 is 1.83 bits per heavy atom. The summed E-state index contributed by atoms with van der Waals surface area (Å²) in [5, 5.41) is 19.5. The van der Waals surface area contributed by atoms with Gasteiger partial charge < -0.3 is 24.4 Å². The Bertz CT molecular complexity index is 808. The number of carbonyl (C=O) groups is 1. The van der Waals surface area contributed by atoms with E-state index in [-0.39, 0.29) is 25.7 Å². The number of rotatable bonds is 11. The molecule has 0 unspecified atom stereocenters. The summed E-state index contributed by atoms with van der Waals surface area (Å²) in [6.07, 6.45) is -1.68. The van der Waals surface area contributed by atoms with Gasteiger partial charge in [-0.05, 0) is 72.1 Å². The number of aryl methyl sites for hydroxylation is 1. The standard InChI is InChI=1S/C22H27BrO6/c1-14(2)29-21(22(25)26)11-16-5-4-6-18(10-16)27-12-17(24)13-28-20-8-7-15(3)9-19(20)23/h4-10,14,17,21,24H,11-13H2,1-3H3,(H,25,26)/t17-,21+/m1/s1. The summed E-state index contributed by atoms with van der Waals surface area (Å²) in [7, 11) is 0. The molecule has 0 fully saturated rings. The van der Waals surface area contributed by atoms with Crippen LogP contribution >= 0.6 is 15.9 Å². The number of halogens is 1. The van der Waals surface area contributed by atoms with Crippen molar-refractivity contribution in [3.8, 4) is 11.5 Å². The highest BCUT2D eigenvalue weighted by atomic mass is 79.9. The molecule has 0 aliphatic rings. The van der Waals surface area contributed by atoms with Crippen molar-refractivity contribution in [3.05, 3.63) is 58.1 Å². The Morgan fingerprint density at radius 3 is 2.48 bits per heavy atom. The maximum absolute atomic E-state index is 11.4. The van der Waals surface area contributed by atoms with Crippen LogP contribution in [0.5, 0.6) is 11.5 Å². The molecule has 2 aromatic rings. The molecule has 0 radical (unpaired) electrons. The van der Waals surface area contributed by atoms with Gasteiger partial charge in [0.2, 0.25) is 0 Å². The Hall–Kier alpha value is -2.09. The number of aliphatic hydroxyl groups excluding tert-OH is 1. The van der Waals surface area contributed by atoms with Crippen molar-refractivity contribution >= 4 is 21.9 Å². The van der Waals surface area contributed by atoms with E-state index in [1.165, 1.54) is 0 Å². The molecule has 0 aliphatic heterocycles. The number of aliphatic carboxylic acids is 1. The third kappa shape index (κ3) is 8.04. The van der Waals surface area contributed by atoms with Crippen molar-refractivity contribution < 1.29 is 29.2 Å². The number of ether oxygens (including phenoxy) is 3. The van der Waals surface area contributed by atoms with E-state index in [4.69, 9.17) is 14.2 Å². The van der Waals surface area contributed by atoms with E-state index in [1.54, 1.807) is 32.0 Å². The molecule has 0 amide bonds. The molecule has 2 N–H and O–H groups in total. The maximum Gasteiger partial charge on any atom is 0.333 e. The molecule has 7 heteroatoms. The van der Waals surface area contributed by atoms with Crippen LogP contribution < -0.4 is 9.47 Å². The molecule has 6 nitrogen and oxygen atoms in total. The molecule has 0 saturated carbocycles. The number of hydrogen-bond acceptors (Lipinski definition) is 5. The second-order valence-electron chi connectivity index (χ2n) is 7.07. The molecule has 2 atom stereocenters. The smallest absolute Gasteiger partial charge is 0.333 e. The molecule has 158 valence electrons. The Balaban J connectivity index is 1.87. The minimum Gasteiger partial charge on any atom is -0.491 e. The second-order valence-corrected chi connectivity index (χ2v) is 7.93.